The van der Waals surface area contributed by atoms with Crippen molar-refractivity contribution in [2.24, 2.45) is 0 Å². The average molecular weight is 275 g/mol. The van der Waals surface area contributed by atoms with Crippen molar-refractivity contribution in [3.63, 3.8) is 0 Å². The van der Waals surface area contributed by atoms with Gasteiger partial charge in [-0.05, 0) is 23.9 Å². The number of ether oxygens (including phenoxy) is 1. The lowest BCUT2D eigenvalue weighted by Gasteiger charge is -2.18. The summed E-state index contributed by atoms with van der Waals surface area (Å²) in [7, 11) is 3.38. The largest absolute Gasteiger partial charge is 0.385 e. The van der Waals surface area contributed by atoms with Crippen LogP contribution in [0, 0.1) is 5.82 Å². The Kier molecular flexibility index (Phi) is 4.69. The van der Waals surface area contributed by atoms with Crippen LogP contribution in [0.25, 0.3) is 10.8 Å². The van der Waals surface area contributed by atoms with E-state index in [-0.39, 0.29) is 11.7 Å². The Morgan fingerprint density at radius 2 is 1.90 bits per heavy atom. The van der Waals surface area contributed by atoms with Crippen molar-refractivity contribution < 1.29 is 13.9 Å². The Morgan fingerprint density at radius 3 is 2.60 bits per heavy atom. The molecule has 0 N–H and O–H groups in total. The zero-order chi connectivity index (χ0) is 14.5. The van der Waals surface area contributed by atoms with Gasteiger partial charge >= 0.3 is 0 Å². The van der Waals surface area contributed by atoms with Crippen LogP contribution in [-0.4, -0.2) is 38.1 Å². The molecule has 0 aromatic heterocycles. The van der Waals surface area contributed by atoms with Gasteiger partial charge in [0.25, 0.3) is 5.91 Å². The summed E-state index contributed by atoms with van der Waals surface area (Å²) in [6.45, 7) is 1.22. The third kappa shape index (κ3) is 2.96. The maximum atomic E-state index is 13.7. The van der Waals surface area contributed by atoms with E-state index in [0.29, 0.717) is 29.5 Å². The highest BCUT2D eigenvalue weighted by molar-refractivity contribution is 6.07. The molecule has 0 spiro atoms. The topological polar surface area (TPSA) is 29.5 Å². The lowest BCUT2D eigenvalue weighted by molar-refractivity contribution is 0.0781. The maximum absolute atomic E-state index is 13.7. The summed E-state index contributed by atoms with van der Waals surface area (Å²) in [6.07, 6.45) is 0.776. The summed E-state index contributed by atoms with van der Waals surface area (Å²) < 4.78 is 18.7. The average Bonchev–Trinajstić information content (AvgIpc) is 2.47. The molecule has 3 nitrogen and oxygen atoms in total. The Labute approximate surface area is 118 Å². The second-order valence-corrected chi connectivity index (χ2v) is 4.71. The number of halogens is 1. The van der Waals surface area contributed by atoms with E-state index in [4.69, 9.17) is 4.74 Å². The Morgan fingerprint density at radius 1 is 1.20 bits per heavy atom. The van der Waals surface area contributed by atoms with E-state index in [0.717, 1.165) is 6.42 Å². The first-order valence-corrected chi connectivity index (χ1v) is 6.57. The summed E-state index contributed by atoms with van der Waals surface area (Å²) in [6, 6.07) is 9.93. The first-order chi connectivity index (χ1) is 9.65. The Hall–Kier alpha value is -1.94. The summed E-state index contributed by atoms with van der Waals surface area (Å²) >= 11 is 0. The van der Waals surface area contributed by atoms with Crippen molar-refractivity contribution in [2.75, 3.05) is 27.3 Å². The number of benzene rings is 2. The predicted molar refractivity (Wildman–Crippen MR) is 77.4 cm³/mol. The van der Waals surface area contributed by atoms with Gasteiger partial charge in [0.15, 0.2) is 0 Å². The third-order valence-corrected chi connectivity index (χ3v) is 3.29. The SMILES string of the molecule is COCCCN(C)C(=O)c1ccc(F)c2ccccc12. The van der Waals surface area contributed by atoms with Gasteiger partial charge in [0.1, 0.15) is 5.82 Å². The van der Waals surface area contributed by atoms with E-state index >= 15 is 0 Å². The van der Waals surface area contributed by atoms with Crippen molar-refractivity contribution >= 4 is 16.7 Å². The van der Waals surface area contributed by atoms with E-state index in [1.54, 1.807) is 43.3 Å². The summed E-state index contributed by atoms with van der Waals surface area (Å²) in [5.41, 5.74) is 0.530. The lowest BCUT2D eigenvalue weighted by atomic mass is 10.0. The molecule has 1 amide bonds. The number of carbonyl (C=O) groups is 1. The first-order valence-electron chi connectivity index (χ1n) is 6.57. The number of rotatable bonds is 5. The molecular weight excluding hydrogens is 257 g/mol. The van der Waals surface area contributed by atoms with E-state index in [9.17, 15) is 9.18 Å². The molecule has 0 saturated carbocycles. The summed E-state index contributed by atoms with van der Waals surface area (Å²) in [5, 5.41) is 1.12. The minimum atomic E-state index is -0.306. The molecule has 20 heavy (non-hydrogen) atoms. The highest BCUT2D eigenvalue weighted by Gasteiger charge is 2.15. The zero-order valence-electron chi connectivity index (χ0n) is 11.7. The van der Waals surface area contributed by atoms with Crippen LogP contribution in [0.3, 0.4) is 0 Å². The molecule has 0 aliphatic carbocycles. The molecule has 0 aliphatic heterocycles. The third-order valence-electron chi connectivity index (χ3n) is 3.29. The normalized spacial score (nSPS) is 10.8. The first kappa shape index (κ1) is 14.5. The number of amides is 1. The Bertz CT molecular complexity index is 612. The van der Waals surface area contributed by atoms with Crippen LogP contribution in [0.4, 0.5) is 4.39 Å². The molecular formula is C16H18FNO2. The fraction of sp³-hybridized carbons (Fsp3) is 0.312. The summed E-state index contributed by atoms with van der Waals surface area (Å²) in [5.74, 6) is -0.406. The van der Waals surface area contributed by atoms with Crippen LogP contribution >= 0.6 is 0 Å². The van der Waals surface area contributed by atoms with Gasteiger partial charge in [-0.1, -0.05) is 24.3 Å². The van der Waals surface area contributed by atoms with Crippen LogP contribution < -0.4 is 0 Å². The fourth-order valence-corrected chi connectivity index (χ4v) is 2.20. The van der Waals surface area contributed by atoms with Crippen molar-refractivity contribution in [3.05, 3.63) is 47.8 Å². The number of carbonyl (C=O) groups excluding carboxylic acids is 1. The molecule has 0 aliphatic rings. The van der Waals surface area contributed by atoms with Gasteiger partial charge in [-0.2, -0.15) is 0 Å². The van der Waals surface area contributed by atoms with Gasteiger partial charge in [-0.25, -0.2) is 4.39 Å². The van der Waals surface area contributed by atoms with Gasteiger partial charge in [0.2, 0.25) is 0 Å². The molecule has 0 unspecified atom stereocenters. The van der Waals surface area contributed by atoms with Crippen molar-refractivity contribution in [3.8, 4) is 0 Å². The monoisotopic (exact) mass is 275 g/mol. The molecule has 0 atom stereocenters. The number of nitrogens with zero attached hydrogens (tertiary/aromatic N) is 1. The standard InChI is InChI=1S/C16H18FNO2/c1-18(10-5-11-20-2)16(19)14-8-9-15(17)13-7-4-3-6-12(13)14/h3-4,6-9H,5,10-11H2,1-2H3. The van der Waals surface area contributed by atoms with Crippen molar-refractivity contribution in [1.29, 1.82) is 0 Å². The molecule has 0 fully saturated rings. The van der Waals surface area contributed by atoms with Gasteiger partial charge in [-0.3, -0.25) is 4.79 Å². The minimum absolute atomic E-state index is 0.0997. The number of hydrogen-bond acceptors (Lipinski definition) is 2. The molecule has 2 rings (SSSR count). The minimum Gasteiger partial charge on any atom is -0.385 e. The van der Waals surface area contributed by atoms with Crippen LogP contribution in [0.15, 0.2) is 36.4 Å². The van der Waals surface area contributed by atoms with Crippen molar-refractivity contribution in [2.45, 2.75) is 6.42 Å². The summed E-state index contributed by atoms with van der Waals surface area (Å²) in [4.78, 5) is 14.1. The van der Waals surface area contributed by atoms with Crippen molar-refractivity contribution in [1.82, 2.24) is 4.90 Å². The molecule has 0 radical (unpaired) electrons. The molecule has 4 heteroatoms. The highest BCUT2D eigenvalue weighted by Crippen LogP contribution is 2.22. The van der Waals surface area contributed by atoms with Gasteiger partial charge in [0, 0.05) is 38.3 Å². The quantitative estimate of drug-likeness (QED) is 0.785. The number of hydrogen-bond donors (Lipinski definition) is 0. The van der Waals surface area contributed by atoms with Crippen LogP contribution in [0.1, 0.15) is 16.8 Å². The van der Waals surface area contributed by atoms with Crippen LogP contribution in [0.2, 0.25) is 0 Å². The van der Waals surface area contributed by atoms with E-state index in [2.05, 4.69) is 0 Å². The van der Waals surface area contributed by atoms with E-state index in [1.165, 1.54) is 6.07 Å². The van der Waals surface area contributed by atoms with Gasteiger partial charge in [0.05, 0.1) is 0 Å². The fourth-order valence-electron chi connectivity index (χ4n) is 2.20. The predicted octanol–water partition coefficient (Wildman–Crippen LogP) is 3.09. The second kappa shape index (κ2) is 6.48. The smallest absolute Gasteiger partial charge is 0.254 e. The van der Waals surface area contributed by atoms with Gasteiger partial charge < -0.3 is 9.64 Å². The molecule has 106 valence electrons. The molecule has 0 bridgehead atoms. The maximum Gasteiger partial charge on any atom is 0.254 e. The molecule has 0 heterocycles. The number of fused-ring (bicyclic) bond motifs is 1. The second-order valence-electron chi connectivity index (χ2n) is 4.71. The van der Waals surface area contributed by atoms with Gasteiger partial charge in [-0.15, -0.1) is 0 Å². The van der Waals surface area contributed by atoms with Crippen LogP contribution in [-0.2, 0) is 4.74 Å². The molecule has 2 aromatic rings. The number of methoxy groups -OCH3 is 1. The van der Waals surface area contributed by atoms with E-state index in [1.807, 2.05) is 6.07 Å². The molecule has 2 aromatic carbocycles. The van der Waals surface area contributed by atoms with E-state index < -0.39 is 0 Å². The highest BCUT2D eigenvalue weighted by atomic mass is 19.1. The lowest BCUT2D eigenvalue weighted by Crippen LogP contribution is -2.28. The van der Waals surface area contributed by atoms with Crippen LogP contribution in [0.5, 0.6) is 0 Å². The Balaban J connectivity index is 2.28. The molecule has 0 saturated heterocycles. The zero-order valence-corrected chi connectivity index (χ0v) is 11.7.